The molecule has 4 heteroatoms. The van der Waals surface area contributed by atoms with E-state index in [-0.39, 0.29) is 6.04 Å². The van der Waals surface area contributed by atoms with Gasteiger partial charge >= 0.3 is 0 Å². The van der Waals surface area contributed by atoms with Crippen LogP contribution in [0.2, 0.25) is 0 Å². The van der Waals surface area contributed by atoms with Crippen molar-refractivity contribution < 1.29 is 14.2 Å². The first kappa shape index (κ1) is 16.2. The molecule has 27 heavy (non-hydrogen) atoms. The lowest BCUT2D eigenvalue weighted by molar-refractivity contribution is 0.174. The van der Waals surface area contributed by atoms with E-state index < -0.39 is 0 Å². The van der Waals surface area contributed by atoms with Gasteiger partial charge in [0.05, 0.1) is 6.04 Å². The lowest BCUT2D eigenvalue weighted by atomic mass is 9.89. The Labute approximate surface area is 158 Å². The number of ether oxygens (including phenoxy) is 3. The molecule has 136 valence electrons. The van der Waals surface area contributed by atoms with Crippen molar-refractivity contribution in [1.29, 1.82) is 0 Å². The van der Waals surface area contributed by atoms with Crippen molar-refractivity contribution in [2.75, 3.05) is 13.3 Å². The van der Waals surface area contributed by atoms with Crippen LogP contribution >= 0.6 is 0 Å². The molecule has 0 fully saturated rings. The Hall–Kier alpha value is -2.98. The number of fused-ring (bicyclic) bond motifs is 2. The third kappa shape index (κ3) is 3.24. The minimum absolute atomic E-state index is 0.159. The predicted molar refractivity (Wildman–Crippen MR) is 103 cm³/mol. The Morgan fingerprint density at radius 2 is 1.81 bits per heavy atom. The van der Waals surface area contributed by atoms with Crippen LogP contribution in [0.25, 0.3) is 0 Å². The van der Waals surface area contributed by atoms with Gasteiger partial charge in [0, 0.05) is 6.54 Å². The summed E-state index contributed by atoms with van der Waals surface area (Å²) in [5.74, 6) is 2.56. The van der Waals surface area contributed by atoms with Crippen molar-refractivity contribution in [2.24, 2.45) is 0 Å². The van der Waals surface area contributed by atoms with Crippen molar-refractivity contribution in [2.45, 2.75) is 19.1 Å². The fourth-order valence-corrected chi connectivity index (χ4v) is 3.76. The SMILES string of the molecule is c1ccc(COc2ccc3c(c2)CCNC3c2ccc3c(c2)OCO3)cc1. The molecule has 0 aliphatic carbocycles. The van der Waals surface area contributed by atoms with Crippen LogP contribution in [0.4, 0.5) is 0 Å². The smallest absolute Gasteiger partial charge is 0.231 e. The number of hydrogen-bond acceptors (Lipinski definition) is 4. The number of benzene rings is 3. The molecule has 0 bridgehead atoms. The van der Waals surface area contributed by atoms with E-state index in [2.05, 4.69) is 47.8 Å². The van der Waals surface area contributed by atoms with Gasteiger partial charge in [-0.15, -0.1) is 0 Å². The quantitative estimate of drug-likeness (QED) is 0.757. The predicted octanol–water partition coefficient (Wildman–Crippen LogP) is 4.23. The molecular formula is C23H21NO3. The topological polar surface area (TPSA) is 39.7 Å². The highest BCUT2D eigenvalue weighted by Crippen LogP contribution is 2.37. The van der Waals surface area contributed by atoms with Gasteiger partial charge in [-0.1, -0.05) is 42.5 Å². The summed E-state index contributed by atoms with van der Waals surface area (Å²) in [6, 6.07) is 23.0. The van der Waals surface area contributed by atoms with Gasteiger partial charge in [0.2, 0.25) is 6.79 Å². The van der Waals surface area contributed by atoms with E-state index in [1.807, 2.05) is 24.3 Å². The summed E-state index contributed by atoms with van der Waals surface area (Å²) in [5.41, 5.74) is 5.00. The maximum Gasteiger partial charge on any atom is 0.231 e. The van der Waals surface area contributed by atoms with Crippen LogP contribution in [-0.2, 0) is 13.0 Å². The highest BCUT2D eigenvalue weighted by Gasteiger charge is 2.24. The average Bonchev–Trinajstić information content (AvgIpc) is 3.20. The molecule has 2 aliphatic heterocycles. The van der Waals surface area contributed by atoms with Gasteiger partial charge in [0.1, 0.15) is 12.4 Å². The summed E-state index contributed by atoms with van der Waals surface area (Å²) < 4.78 is 17.0. The van der Waals surface area contributed by atoms with Crippen LogP contribution < -0.4 is 19.5 Å². The van der Waals surface area contributed by atoms with Crippen LogP contribution in [0.15, 0.2) is 66.7 Å². The Morgan fingerprint density at radius 1 is 0.926 bits per heavy atom. The van der Waals surface area contributed by atoms with E-state index in [0.717, 1.165) is 30.2 Å². The molecule has 2 heterocycles. The molecule has 0 aromatic heterocycles. The summed E-state index contributed by atoms with van der Waals surface area (Å²) in [6.45, 7) is 1.83. The molecule has 4 nitrogen and oxygen atoms in total. The van der Waals surface area contributed by atoms with Crippen LogP contribution in [0.5, 0.6) is 17.2 Å². The molecule has 0 saturated carbocycles. The van der Waals surface area contributed by atoms with Crippen molar-refractivity contribution in [3.63, 3.8) is 0 Å². The van der Waals surface area contributed by atoms with E-state index >= 15 is 0 Å². The van der Waals surface area contributed by atoms with Crippen molar-refractivity contribution >= 4 is 0 Å². The first-order valence-corrected chi connectivity index (χ1v) is 9.29. The lowest BCUT2D eigenvalue weighted by Gasteiger charge is -2.28. The molecule has 3 aromatic rings. The van der Waals surface area contributed by atoms with Gasteiger partial charge in [-0.2, -0.15) is 0 Å². The van der Waals surface area contributed by atoms with E-state index in [1.54, 1.807) is 0 Å². The molecule has 1 N–H and O–H groups in total. The minimum Gasteiger partial charge on any atom is -0.489 e. The zero-order valence-electron chi connectivity index (χ0n) is 15.0. The number of rotatable bonds is 4. The molecule has 0 radical (unpaired) electrons. The third-order valence-electron chi connectivity index (χ3n) is 5.15. The van der Waals surface area contributed by atoms with Gasteiger partial charge in [-0.05, 0) is 52.9 Å². The second kappa shape index (κ2) is 6.97. The minimum atomic E-state index is 0.159. The summed E-state index contributed by atoms with van der Waals surface area (Å²) in [7, 11) is 0. The molecule has 0 amide bonds. The van der Waals surface area contributed by atoms with Gasteiger partial charge in [-0.3, -0.25) is 0 Å². The summed E-state index contributed by atoms with van der Waals surface area (Å²) in [5, 5.41) is 3.62. The summed E-state index contributed by atoms with van der Waals surface area (Å²) >= 11 is 0. The van der Waals surface area contributed by atoms with Crippen LogP contribution in [0.1, 0.15) is 28.3 Å². The highest BCUT2D eigenvalue weighted by molar-refractivity contribution is 5.49. The average molecular weight is 359 g/mol. The monoisotopic (exact) mass is 359 g/mol. The second-order valence-corrected chi connectivity index (χ2v) is 6.88. The van der Waals surface area contributed by atoms with E-state index in [0.29, 0.717) is 13.4 Å². The summed E-state index contributed by atoms with van der Waals surface area (Å²) in [6.07, 6.45) is 0.999. The molecule has 0 saturated heterocycles. The zero-order valence-corrected chi connectivity index (χ0v) is 15.0. The Kier molecular flexibility index (Phi) is 4.18. The molecule has 5 rings (SSSR count). The van der Waals surface area contributed by atoms with Gasteiger partial charge in [0.25, 0.3) is 0 Å². The zero-order chi connectivity index (χ0) is 18.1. The largest absolute Gasteiger partial charge is 0.489 e. The Balaban J connectivity index is 1.38. The fraction of sp³-hybridized carbons (Fsp3) is 0.217. The van der Waals surface area contributed by atoms with Crippen molar-refractivity contribution in [3.8, 4) is 17.2 Å². The molecule has 0 spiro atoms. The summed E-state index contributed by atoms with van der Waals surface area (Å²) in [4.78, 5) is 0. The molecule has 1 atom stereocenters. The van der Waals surface area contributed by atoms with E-state index in [4.69, 9.17) is 14.2 Å². The van der Waals surface area contributed by atoms with Gasteiger partial charge in [0.15, 0.2) is 11.5 Å². The van der Waals surface area contributed by atoms with Gasteiger partial charge in [-0.25, -0.2) is 0 Å². The lowest BCUT2D eigenvalue weighted by Crippen LogP contribution is -2.30. The van der Waals surface area contributed by atoms with Crippen LogP contribution in [0, 0.1) is 0 Å². The normalized spacial score (nSPS) is 17.4. The maximum atomic E-state index is 6.00. The maximum absolute atomic E-state index is 6.00. The molecular weight excluding hydrogens is 338 g/mol. The van der Waals surface area contributed by atoms with E-state index in [9.17, 15) is 0 Å². The molecule has 1 unspecified atom stereocenters. The van der Waals surface area contributed by atoms with Gasteiger partial charge < -0.3 is 19.5 Å². The number of hydrogen-bond donors (Lipinski definition) is 1. The Morgan fingerprint density at radius 3 is 2.74 bits per heavy atom. The third-order valence-corrected chi connectivity index (χ3v) is 5.15. The fourth-order valence-electron chi connectivity index (χ4n) is 3.76. The molecule has 2 aliphatic rings. The second-order valence-electron chi connectivity index (χ2n) is 6.88. The number of nitrogens with one attached hydrogen (secondary N) is 1. The van der Waals surface area contributed by atoms with Crippen molar-refractivity contribution in [1.82, 2.24) is 5.32 Å². The van der Waals surface area contributed by atoms with E-state index in [1.165, 1.54) is 22.3 Å². The van der Waals surface area contributed by atoms with Crippen LogP contribution in [0.3, 0.4) is 0 Å². The standard InChI is InChI=1S/C23H21NO3/c1-2-4-16(5-3-1)14-25-19-7-8-20-17(12-19)10-11-24-23(20)18-6-9-21-22(13-18)27-15-26-21/h1-9,12-13,23-24H,10-11,14-15H2. The highest BCUT2D eigenvalue weighted by atomic mass is 16.7. The Bertz CT molecular complexity index is 955. The first-order chi connectivity index (χ1) is 13.4. The van der Waals surface area contributed by atoms with Crippen LogP contribution in [-0.4, -0.2) is 13.3 Å². The molecule has 3 aromatic carbocycles. The first-order valence-electron chi connectivity index (χ1n) is 9.29. The van der Waals surface area contributed by atoms with Crippen molar-refractivity contribution in [3.05, 3.63) is 89.0 Å².